The number of aliphatic hydroxyl groups is 1. The highest BCUT2D eigenvalue weighted by Gasteiger charge is 2.24. The first-order chi connectivity index (χ1) is 9.99. The van der Waals surface area contributed by atoms with E-state index >= 15 is 0 Å². The maximum absolute atomic E-state index is 13.0. The number of carbonyl (C=O) groups is 1. The van der Waals surface area contributed by atoms with Gasteiger partial charge in [0, 0.05) is 6.08 Å². The number of carbonyl (C=O) groups excluding carboxylic acids is 1. The summed E-state index contributed by atoms with van der Waals surface area (Å²) >= 11 is 10.7. The minimum Gasteiger partial charge on any atom is -0.386 e. The molecule has 0 aliphatic heterocycles. The van der Waals surface area contributed by atoms with Crippen molar-refractivity contribution in [2.75, 3.05) is 6.67 Å². The Balaban J connectivity index is 2.80. The van der Waals surface area contributed by atoms with Crippen LogP contribution in [0.15, 0.2) is 30.3 Å². The lowest BCUT2D eigenvalue weighted by Crippen LogP contribution is -2.43. The number of benzene rings is 1. The Hall–Kier alpha value is -1.61. The summed E-state index contributed by atoms with van der Waals surface area (Å²) in [5.74, 6) is -0.770. The minimum absolute atomic E-state index is 0.424. The van der Waals surface area contributed by atoms with Crippen molar-refractivity contribution in [2.45, 2.75) is 17.0 Å². The van der Waals surface area contributed by atoms with Gasteiger partial charge in [-0.1, -0.05) is 47.5 Å². The van der Waals surface area contributed by atoms with Crippen LogP contribution in [0.3, 0.4) is 0 Å². The highest BCUT2D eigenvalue weighted by atomic mass is 35.5. The first-order valence-electron chi connectivity index (χ1n) is 5.98. The molecule has 0 bridgehead atoms. The molecule has 2 N–H and O–H groups in total. The summed E-state index contributed by atoms with van der Waals surface area (Å²) in [4.78, 5) is 10.00. The van der Waals surface area contributed by atoms with Crippen molar-refractivity contribution in [1.82, 2.24) is 5.32 Å². The van der Waals surface area contributed by atoms with Crippen LogP contribution < -0.4 is 5.32 Å². The Kier molecular flexibility index (Phi) is 7.17. The Morgan fingerprint density at radius 1 is 1.43 bits per heavy atom. The van der Waals surface area contributed by atoms with Gasteiger partial charge in [-0.3, -0.25) is 4.79 Å². The van der Waals surface area contributed by atoms with Crippen LogP contribution in [0.2, 0.25) is 0 Å². The van der Waals surface area contributed by atoms with Gasteiger partial charge in [-0.05, 0) is 17.2 Å². The zero-order valence-corrected chi connectivity index (χ0v) is 12.4. The highest BCUT2D eigenvalue weighted by Crippen LogP contribution is 2.19. The summed E-state index contributed by atoms with van der Waals surface area (Å²) < 4.78 is 13.0. The quantitative estimate of drug-likeness (QED) is 0.621. The largest absolute Gasteiger partial charge is 0.386 e. The van der Waals surface area contributed by atoms with Gasteiger partial charge < -0.3 is 10.4 Å². The second kappa shape index (κ2) is 8.63. The highest BCUT2D eigenvalue weighted by molar-refractivity contribution is 6.53. The molecule has 0 heterocycles. The SMILES string of the molecule is N#CC=Cc1ccc(C(O)C(CF)NC(=O)C(Cl)Cl)cc1. The molecule has 0 radical (unpaired) electrons. The van der Waals surface area contributed by atoms with E-state index in [0.717, 1.165) is 5.56 Å². The van der Waals surface area contributed by atoms with Crippen molar-refractivity contribution >= 4 is 35.2 Å². The molecule has 0 aromatic heterocycles. The fourth-order valence-corrected chi connectivity index (χ4v) is 1.74. The molecule has 4 nitrogen and oxygen atoms in total. The third-order valence-corrected chi connectivity index (χ3v) is 3.10. The zero-order valence-electron chi connectivity index (χ0n) is 10.8. The lowest BCUT2D eigenvalue weighted by molar-refractivity contribution is -0.121. The lowest BCUT2D eigenvalue weighted by Gasteiger charge is -2.22. The van der Waals surface area contributed by atoms with E-state index in [1.54, 1.807) is 30.3 Å². The molecule has 0 saturated carbocycles. The molecule has 0 fully saturated rings. The third-order valence-electron chi connectivity index (χ3n) is 2.70. The van der Waals surface area contributed by atoms with E-state index in [1.807, 2.05) is 6.07 Å². The molecular formula is C14H13Cl2FN2O2. The van der Waals surface area contributed by atoms with Gasteiger partial charge in [0.1, 0.15) is 12.8 Å². The van der Waals surface area contributed by atoms with Gasteiger partial charge in [-0.2, -0.15) is 5.26 Å². The number of allylic oxidation sites excluding steroid dienone is 1. The molecule has 1 aromatic rings. The molecular weight excluding hydrogens is 318 g/mol. The van der Waals surface area contributed by atoms with E-state index in [4.69, 9.17) is 28.5 Å². The lowest BCUT2D eigenvalue weighted by atomic mass is 10.0. The molecule has 0 saturated heterocycles. The van der Waals surface area contributed by atoms with Crippen molar-refractivity contribution in [2.24, 2.45) is 0 Å². The first-order valence-corrected chi connectivity index (χ1v) is 6.85. The second-order valence-corrected chi connectivity index (χ2v) is 5.24. The number of hydrogen-bond acceptors (Lipinski definition) is 3. The van der Waals surface area contributed by atoms with Crippen molar-refractivity contribution in [3.05, 3.63) is 41.5 Å². The van der Waals surface area contributed by atoms with Crippen LogP contribution in [-0.2, 0) is 4.79 Å². The number of alkyl halides is 3. The summed E-state index contributed by atoms with van der Waals surface area (Å²) in [6, 6.07) is 7.20. The molecule has 7 heteroatoms. The average molecular weight is 331 g/mol. The molecule has 112 valence electrons. The van der Waals surface area contributed by atoms with E-state index in [9.17, 15) is 14.3 Å². The molecule has 0 aliphatic carbocycles. The van der Waals surface area contributed by atoms with E-state index in [2.05, 4.69) is 5.32 Å². The maximum atomic E-state index is 13.0. The van der Waals surface area contributed by atoms with Crippen LogP contribution in [-0.4, -0.2) is 28.6 Å². The van der Waals surface area contributed by atoms with Crippen LogP contribution in [0.25, 0.3) is 6.08 Å². The number of aliphatic hydroxyl groups excluding tert-OH is 1. The van der Waals surface area contributed by atoms with Crippen molar-refractivity contribution < 1.29 is 14.3 Å². The number of nitrogens with one attached hydrogen (secondary N) is 1. The number of nitriles is 1. The van der Waals surface area contributed by atoms with E-state index in [0.29, 0.717) is 5.56 Å². The molecule has 2 atom stereocenters. The monoisotopic (exact) mass is 330 g/mol. The molecule has 1 aromatic carbocycles. The van der Waals surface area contributed by atoms with Crippen LogP contribution in [0, 0.1) is 11.3 Å². The summed E-state index contributed by atoms with van der Waals surface area (Å²) in [5.41, 5.74) is 1.18. The van der Waals surface area contributed by atoms with Gasteiger partial charge in [0.15, 0.2) is 4.84 Å². The van der Waals surface area contributed by atoms with Gasteiger partial charge in [-0.15, -0.1) is 0 Å². The van der Waals surface area contributed by atoms with Gasteiger partial charge in [0.25, 0.3) is 5.91 Å². The Labute approximate surface area is 131 Å². The smallest absolute Gasteiger partial charge is 0.253 e. The second-order valence-electron chi connectivity index (χ2n) is 4.14. The van der Waals surface area contributed by atoms with E-state index < -0.39 is 29.6 Å². The van der Waals surface area contributed by atoms with Crippen LogP contribution in [0.5, 0.6) is 0 Å². The zero-order chi connectivity index (χ0) is 15.8. The summed E-state index contributed by atoms with van der Waals surface area (Å²) in [6.45, 7) is -0.969. The normalized spacial score (nSPS) is 13.9. The number of rotatable bonds is 6. The fourth-order valence-electron chi connectivity index (χ4n) is 1.62. The molecule has 1 amide bonds. The van der Waals surface area contributed by atoms with Crippen LogP contribution >= 0.6 is 23.2 Å². The van der Waals surface area contributed by atoms with E-state index in [-0.39, 0.29) is 0 Å². The Bertz CT molecular complexity index is 541. The maximum Gasteiger partial charge on any atom is 0.253 e. The average Bonchev–Trinajstić information content (AvgIpc) is 2.50. The minimum atomic E-state index is -1.33. The molecule has 0 aliphatic rings. The number of halogens is 3. The number of nitrogens with zero attached hydrogens (tertiary/aromatic N) is 1. The molecule has 21 heavy (non-hydrogen) atoms. The van der Waals surface area contributed by atoms with Crippen molar-refractivity contribution in [3.63, 3.8) is 0 Å². The Morgan fingerprint density at radius 2 is 2.05 bits per heavy atom. The van der Waals surface area contributed by atoms with Gasteiger partial charge in [0.2, 0.25) is 0 Å². The molecule has 0 spiro atoms. The van der Waals surface area contributed by atoms with Crippen molar-refractivity contribution in [1.29, 1.82) is 5.26 Å². The van der Waals surface area contributed by atoms with Crippen LogP contribution in [0.1, 0.15) is 17.2 Å². The summed E-state index contributed by atoms with van der Waals surface area (Å²) in [6.07, 6.45) is 1.67. The van der Waals surface area contributed by atoms with Crippen LogP contribution in [0.4, 0.5) is 4.39 Å². The summed E-state index contributed by atoms with van der Waals surface area (Å²) in [5, 5.41) is 20.7. The number of amides is 1. The molecule has 2 unspecified atom stereocenters. The predicted molar refractivity (Wildman–Crippen MR) is 79.4 cm³/mol. The van der Waals surface area contributed by atoms with E-state index in [1.165, 1.54) is 6.08 Å². The van der Waals surface area contributed by atoms with Crippen molar-refractivity contribution in [3.8, 4) is 6.07 Å². The first kappa shape index (κ1) is 17.4. The predicted octanol–water partition coefficient (Wildman–Crippen LogP) is 2.51. The standard InChI is InChI=1S/C14H13Cl2FN2O2/c15-13(16)14(21)19-11(8-17)12(20)10-5-3-9(4-6-10)2-1-7-18/h1-6,11-13,20H,8H2,(H,19,21). The summed E-state index contributed by atoms with van der Waals surface area (Å²) in [7, 11) is 0. The Morgan fingerprint density at radius 3 is 2.52 bits per heavy atom. The molecule has 1 rings (SSSR count). The fraction of sp³-hybridized carbons (Fsp3) is 0.286. The van der Waals surface area contributed by atoms with Gasteiger partial charge >= 0.3 is 0 Å². The van der Waals surface area contributed by atoms with Gasteiger partial charge in [-0.25, -0.2) is 4.39 Å². The third kappa shape index (κ3) is 5.35. The van der Waals surface area contributed by atoms with Gasteiger partial charge in [0.05, 0.1) is 12.1 Å². The topological polar surface area (TPSA) is 73.1 Å². The number of hydrogen-bond donors (Lipinski definition) is 2.